The van der Waals surface area contributed by atoms with Gasteiger partial charge in [0.15, 0.2) is 0 Å². The molecule has 2 heterocycles. The van der Waals surface area contributed by atoms with E-state index in [-0.39, 0.29) is 23.7 Å². The van der Waals surface area contributed by atoms with Crippen molar-refractivity contribution in [3.63, 3.8) is 0 Å². The number of aromatic nitrogens is 2. The van der Waals surface area contributed by atoms with Crippen molar-refractivity contribution in [2.45, 2.75) is 19.3 Å². The summed E-state index contributed by atoms with van der Waals surface area (Å²) < 4.78 is 5.60. The van der Waals surface area contributed by atoms with Gasteiger partial charge in [-0.05, 0) is 30.7 Å². The Morgan fingerprint density at radius 3 is 2.63 bits per heavy atom. The van der Waals surface area contributed by atoms with Gasteiger partial charge in [0.2, 0.25) is 11.8 Å². The topological polar surface area (TPSA) is 88.3 Å². The maximum Gasteiger partial charge on any atom is 0.322 e. The monoisotopic (exact) mass is 362 g/mol. The van der Waals surface area contributed by atoms with Gasteiger partial charge >= 0.3 is 6.01 Å². The molecule has 3 aromatic rings. The fourth-order valence-corrected chi connectivity index (χ4v) is 3.17. The molecule has 1 N–H and O–H groups in total. The molecule has 0 saturated carbocycles. The molecule has 2 amide bonds. The third-order valence-corrected chi connectivity index (χ3v) is 4.59. The summed E-state index contributed by atoms with van der Waals surface area (Å²) in [4.78, 5) is 26.4. The molecule has 2 aromatic carbocycles. The predicted octanol–water partition coefficient (Wildman–Crippen LogP) is 3.15. The van der Waals surface area contributed by atoms with Gasteiger partial charge in [-0.3, -0.25) is 14.9 Å². The Balaban J connectivity index is 1.46. The van der Waals surface area contributed by atoms with Crippen molar-refractivity contribution >= 4 is 23.5 Å². The summed E-state index contributed by atoms with van der Waals surface area (Å²) in [5.41, 5.74) is 2.25. The molecule has 1 aliphatic heterocycles. The van der Waals surface area contributed by atoms with Gasteiger partial charge in [0.25, 0.3) is 5.91 Å². The molecule has 0 radical (unpaired) electrons. The summed E-state index contributed by atoms with van der Waals surface area (Å²) in [6.07, 6.45) is 0.294. The Labute approximate surface area is 156 Å². The van der Waals surface area contributed by atoms with Crippen LogP contribution in [0.25, 0.3) is 0 Å². The van der Waals surface area contributed by atoms with Crippen LogP contribution in [0, 0.1) is 6.92 Å². The van der Waals surface area contributed by atoms with E-state index in [1.165, 1.54) is 0 Å². The van der Waals surface area contributed by atoms with Crippen LogP contribution in [0.15, 0.2) is 59.0 Å². The van der Waals surface area contributed by atoms with Crippen LogP contribution in [-0.2, 0) is 4.79 Å². The second-order valence-corrected chi connectivity index (χ2v) is 6.46. The molecule has 1 unspecified atom stereocenters. The zero-order valence-corrected chi connectivity index (χ0v) is 14.8. The average Bonchev–Trinajstić information content (AvgIpc) is 3.29. The number of hydrogen-bond donors (Lipinski definition) is 1. The number of nitrogens with zero attached hydrogens (tertiary/aromatic N) is 3. The molecular formula is C20H18N4O3. The molecule has 4 rings (SSSR count). The third-order valence-electron chi connectivity index (χ3n) is 4.59. The number of aryl methyl sites for hydroxylation is 1. The number of anilines is 2. The number of amides is 2. The van der Waals surface area contributed by atoms with Crippen molar-refractivity contribution in [1.82, 2.24) is 10.2 Å². The van der Waals surface area contributed by atoms with Crippen LogP contribution in [-0.4, -0.2) is 28.6 Å². The van der Waals surface area contributed by atoms with E-state index in [1.807, 2.05) is 49.4 Å². The third kappa shape index (κ3) is 3.44. The van der Waals surface area contributed by atoms with Crippen LogP contribution in [0.2, 0.25) is 0 Å². The first-order valence-corrected chi connectivity index (χ1v) is 8.67. The molecule has 0 aliphatic carbocycles. The smallest absolute Gasteiger partial charge is 0.322 e. The number of carbonyl (C=O) groups excluding carboxylic acids is 2. The van der Waals surface area contributed by atoms with E-state index in [9.17, 15) is 9.59 Å². The highest BCUT2D eigenvalue weighted by molar-refractivity contribution is 6.04. The normalized spacial score (nSPS) is 16.6. The van der Waals surface area contributed by atoms with Gasteiger partial charge in [-0.2, -0.15) is 0 Å². The Morgan fingerprint density at radius 2 is 1.85 bits per heavy atom. The van der Waals surface area contributed by atoms with Crippen molar-refractivity contribution in [3.05, 3.63) is 71.6 Å². The second kappa shape index (κ2) is 7.03. The van der Waals surface area contributed by atoms with Crippen molar-refractivity contribution in [2.24, 2.45) is 0 Å². The zero-order valence-electron chi connectivity index (χ0n) is 14.8. The lowest BCUT2D eigenvalue weighted by atomic mass is 10.1. The summed E-state index contributed by atoms with van der Waals surface area (Å²) in [6, 6.07) is 16.8. The van der Waals surface area contributed by atoms with E-state index in [0.29, 0.717) is 24.4 Å². The van der Waals surface area contributed by atoms with Crippen LogP contribution < -0.4 is 10.2 Å². The predicted molar refractivity (Wildman–Crippen MR) is 99.6 cm³/mol. The first kappa shape index (κ1) is 17.0. The molecule has 1 aliphatic rings. The van der Waals surface area contributed by atoms with E-state index in [1.54, 1.807) is 17.0 Å². The highest BCUT2D eigenvalue weighted by Crippen LogP contribution is 2.31. The molecule has 7 heteroatoms. The lowest BCUT2D eigenvalue weighted by molar-refractivity contribution is -0.117. The number of rotatable bonds is 4. The lowest BCUT2D eigenvalue weighted by Crippen LogP contribution is -2.24. The van der Waals surface area contributed by atoms with E-state index in [2.05, 4.69) is 15.5 Å². The molecule has 1 atom stereocenters. The van der Waals surface area contributed by atoms with Crippen molar-refractivity contribution < 1.29 is 14.0 Å². The Morgan fingerprint density at radius 1 is 1.11 bits per heavy atom. The highest BCUT2D eigenvalue weighted by atomic mass is 16.4. The van der Waals surface area contributed by atoms with Crippen molar-refractivity contribution in [2.75, 3.05) is 16.8 Å². The number of hydrogen-bond acceptors (Lipinski definition) is 5. The molecular weight excluding hydrogens is 344 g/mol. The fourth-order valence-electron chi connectivity index (χ4n) is 3.17. The molecule has 1 saturated heterocycles. The minimum atomic E-state index is -0.309. The molecule has 7 nitrogen and oxygen atoms in total. The molecule has 1 fully saturated rings. The van der Waals surface area contributed by atoms with E-state index in [0.717, 1.165) is 11.3 Å². The van der Waals surface area contributed by atoms with Crippen LogP contribution in [0.5, 0.6) is 0 Å². The van der Waals surface area contributed by atoms with E-state index >= 15 is 0 Å². The summed E-state index contributed by atoms with van der Waals surface area (Å²) in [5.74, 6) is -0.150. The van der Waals surface area contributed by atoms with Gasteiger partial charge in [0.1, 0.15) is 0 Å². The Hall–Kier alpha value is -3.48. The summed E-state index contributed by atoms with van der Waals surface area (Å²) >= 11 is 0. The quantitative estimate of drug-likeness (QED) is 0.770. The number of benzene rings is 2. The minimum absolute atomic E-state index is 0.00916. The SMILES string of the molecule is Cc1ccccc1C(=O)Nc1nnc(C2CC(=O)N(c3ccccc3)C2)o1. The fraction of sp³-hybridized carbons (Fsp3) is 0.200. The number of carbonyl (C=O) groups is 2. The Kier molecular flexibility index (Phi) is 4.42. The van der Waals surface area contributed by atoms with Crippen molar-refractivity contribution in [3.8, 4) is 0 Å². The van der Waals surface area contributed by atoms with Gasteiger partial charge in [0, 0.05) is 24.2 Å². The highest BCUT2D eigenvalue weighted by Gasteiger charge is 2.35. The molecule has 1 aromatic heterocycles. The first-order chi connectivity index (χ1) is 13.1. The maximum atomic E-state index is 12.4. The zero-order chi connectivity index (χ0) is 18.8. The largest absolute Gasteiger partial charge is 0.407 e. The summed E-state index contributed by atoms with van der Waals surface area (Å²) in [6.45, 7) is 2.33. The molecule has 136 valence electrons. The molecule has 0 bridgehead atoms. The lowest BCUT2D eigenvalue weighted by Gasteiger charge is -2.15. The number of para-hydroxylation sites is 1. The van der Waals surface area contributed by atoms with Crippen LogP contribution in [0.1, 0.15) is 34.2 Å². The van der Waals surface area contributed by atoms with Gasteiger partial charge in [-0.1, -0.05) is 41.5 Å². The molecule has 0 spiro atoms. The van der Waals surface area contributed by atoms with Gasteiger partial charge in [-0.25, -0.2) is 0 Å². The Bertz CT molecular complexity index is 984. The van der Waals surface area contributed by atoms with E-state index < -0.39 is 0 Å². The molecule has 27 heavy (non-hydrogen) atoms. The summed E-state index contributed by atoms with van der Waals surface area (Å²) in [5, 5.41) is 10.5. The van der Waals surface area contributed by atoms with Crippen molar-refractivity contribution in [1.29, 1.82) is 0 Å². The number of nitrogens with one attached hydrogen (secondary N) is 1. The van der Waals surface area contributed by atoms with Gasteiger partial charge < -0.3 is 9.32 Å². The first-order valence-electron chi connectivity index (χ1n) is 8.67. The van der Waals surface area contributed by atoms with E-state index in [4.69, 9.17) is 4.42 Å². The van der Waals surface area contributed by atoms with Crippen LogP contribution in [0.4, 0.5) is 11.7 Å². The standard InChI is InChI=1S/C20H18N4O3/c1-13-7-5-6-10-16(13)18(26)21-20-23-22-19(27-20)14-11-17(25)24(12-14)15-8-3-2-4-9-15/h2-10,14H,11-12H2,1H3,(H,21,23,26). The maximum absolute atomic E-state index is 12.4. The van der Waals surface area contributed by atoms with Crippen LogP contribution >= 0.6 is 0 Å². The second-order valence-electron chi connectivity index (χ2n) is 6.46. The van der Waals surface area contributed by atoms with Gasteiger partial charge in [-0.15, -0.1) is 5.10 Å². The summed E-state index contributed by atoms with van der Waals surface area (Å²) in [7, 11) is 0. The van der Waals surface area contributed by atoms with Crippen LogP contribution in [0.3, 0.4) is 0 Å². The average molecular weight is 362 g/mol. The van der Waals surface area contributed by atoms with Gasteiger partial charge in [0.05, 0.1) is 5.92 Å². The minimum Gasteiger partial charge on any atom is -0.407 e.